The Morgan fingerprint density at radius 2 is 1.77 bits per heavy atom. The van der Waals surface area contributed by atoms with E-state index in [1.54, 1.807) is 12.1 Å². The predicted molar refractivity (Wildman–Crippen MR) is 86.2 cm³/mol. The van der Waals surface area contributed by atoms with Gasteiger partial charge in [-0.3, -0.25) is 0 Å². The number of aromatic carboxylic acids is 1. The Hall–Kier alpha value is -1.84. The third-order valence-corrected chi connectivity index (χ3v) is 3.87. The van der Waals surface area contributed by atoms with E-state index < -0.39 is 11.9 Å². The van der Waals surface area contributed by atoms with Crippen LogP contribution in [0.1, 0.15) is 73.1 Å². The van der Waals surface area contributed by atoms with Gasteiger partial charge in [0.25, 0.3) is 0 Å². The van der Waals surface area contributed by atoms with Gasteiger partial charge in [-0.25, -0.2) is 9.59 Å². The second kappa shape index (κ2) is 9.98. The van der Waals surface area contributed by atoms with E-state index in [2.05, 4.69) is 13.8 Å². The molecule has 1 aromatic rings. The molecule has 1 rings (SSSR count). The Kier molecular flexibility index (Phi) is 8.26. The van der Waals surface area contributed by atoms with E-state index >= 15 is 0 Å². The van der Waals surface area contributed by atoms with Crippen molar-refractivity contribution in [2.24, 2.45) is 5.92 Å². The summed E-state index contributed by atoms with van der Waals surface area (Å²) in [5.41, 5.74) is 0.110. The zero-order chi connectivity index (χ0) is 16.4. The highest BCUT2D eigenvalue weighted by Gasteiger charge is 2.18. The van der Waals surface area contributed by atoms with Crippen molar-refractivity contribution in [3.63, 3.8) is 0 Å². The minimum atomic E-state index is -1.11. The minimum absolute atomic E-state index is 0.0107. The molecule has 4 heteroatoms. The molecule has 122 valence electrons. The van der Waals surface area contributed by atoms with Gasteiger partial charge in [0.05, 0.1) is 17.7 Å². The van der Waals surface area contributed by atoms with Crippen LogP contribution in [0.3, 0.4) is 0 Å². The van der Waals surface area contributed by atoms with Crippen LogP contribution >= 0.6 is 0 Å². The van der Waals surface area contributed by atoms with Gasteiger partial charge < -0.3 is 9.84 Å². The maximum absolute atomic E-state index is 12.1. The minimum Gasteiger partial charge on any atom is -0.478 e. The molecule has 1 atom stereocenters. The highest BCUT2D eigenvalue weighted by atomic mass is 16.5. The largest absolute Gasteiger partial charge is 0.478 e. The van der Waals surface area contributed by atoms with Crippen molar-refractivity contribution in [3.8, 4) is 0 Å². The molecule has 0 heterocycles. The summed E-state index contributed by atoms with van der Waals surface area (Å²) < 4.78 is 5.33. The fourth-order valence-corrected chi connectivity index (χ4v) is 2.38. The number of unbranched alkanes of at least 4 members (excludes halogenated alkanes) is 3. The summed E-state index contributed by atoms with van der Waals surface area (Å²) in [4.78, 5) is 23.2. The molecule has 0 amide bonds. The zero-order valence-corrected chi connectivity index (χ0v) is 13.5. The summed E-state index contributed by atoms with van der Waals surface area (Å²) in [5, 5.41) is 9.10. The van der Waals surface area contributed by atoms with Crippen molar-refractivity contribution in [1.82, 2.24) is 0 Å². The highest BCUT2D eigenvalue weighted by molar-refractivity contribution is 6.02. The topological polar surface area (TPSA) is 63.6 Å². The average Bonchev–Trinajstić information content (AvgIpc) is 2.53. The molecule has 1 aromatic carbocycles. The van der Waals surface area contributed by atoms with Crippen LogP contribution < -0.4 is 0 Å². The van der Waals surface area contributed by atoms with Crippen molar-refractivity contribution in [2.75, 3.05) is 6.61 Å². The Morgan fingerprint density at radius 1 is 1.09 bits per heavy atom. The summed E-state index contributed by atoms with van der Waals surface area (Å²) >= 11 is 0. The Morgan fingerprint density at radius 3 is 2.36 bits per heavy atom. The summed E-state index contributed by atoms with van der Waals surface area (Å²) in [6, 6.07) is 6.16. The van der Waals surface area contributed by atoms with E-state index in [0.717, 1.165) is 19.3 Å². The SMILES string of the molecule is CCCCCCC(CC)COC(=O)c1ccccc1C(=O)O. The van der Waals surface area contributed by atoms with E-state index in [0.29, 0.717) is 12.5 Å². The molecule has 0 radical (unpaired) electrons. The van der Waals surface area contributed by atoms with Crippen molar-refractivity contribution in [2.45, 2.75) is 52.4 Å². The normalized spacial score (nSPS) is 11.9. The number of hydrogen-bond donors (Lipinski definition) is 1. The van der Waals surface area contributed by atoms with Gasteiger partial charge in [-0.1, -0.05) is 58.1 Å². The second-order valence-corrected chi connectivity index (χ2v) is 5.57. The lowest BCUT2D eigenvalue weighted by atomic mass is 9.99. The molecule has 0 saturated carbocycles. The van der Waals surface area contributed by atoms with E-state index in [1.165, 1.54) is 31.4 Å². The second-order valence-electron chi connectivity index (χ2n) is 5.57. The van der Waals surface area contributed by atoms with Gasteiger partial charge >= 0.3 is 11.9 Å². The van der Waals surface area contributed by atoms with Crippen molar-refractivity contribution >= 4 is 11.9 Å². The first-order valence-corrected chi connectivity index (χ1v) is 8.09. The highest BCUT2D eigenvalue weighted by Crippen LogP contribution is 2.16. The van der Waals surface area contributed by atoms with Crippen molar-refractivity contribution in [1.29, 1.82) is 0 Å². The van der Waals surface area contributed by atoms with E-state index in [1.807, 2.05) is 0 Å². The Bertz CT molecular complexity index is 482. The van der Waals surface area contributed by atoms with Crippen LogP contribution in [0.5, 0.6) is 0 Å². The van der Waals surface area contributed by atoms with Gasteiger partial charge in [-0.2, -0.15) is 0 Å². The first-order valence-electron chi connectivity index (χ1n) is 8.09. The van der Waals surface area contributed by atoms with Crippen LogP contribution in [0, 0.1) is 5.92 Å². The fourth-order valence-electron chi connectivity index (χ4n) is 2.38. The lowest BCUT2D eigenvalue weighted by molar-refractivity contribution is 0.0420. The van der Waals surface area contributed by atoms with Gasteiger partial charge in [0.2, 0.25) is 0 Å². The van der Waals surface area contributed by atoms with Crippen LogP contribution in [0.15, 0.2) is 24.3 Å². The van der Waals surface area contributed by atoms with Crippen LogP contribution in [0.4, 0.5) is 0 Å². The summed E-state index contributed by atoms with van der Waals surface area (Å²) in [5.74, 6) is -1.32. The predicted octanol–water partition coefficient (Wildman–Crippen LogP) is 4.54. The number of ether oxygens (including phenoxy) is 1. The number of carboxylic acid groups (broad SMARTS) is 1. The first kappa shape index (κ1) is 18.2. The number of benzene rings is 1. The number of rotatable bonds is 10. The molecule has 1 unspecified atom stereocenters. The number of carbonyl (C=O) groups is 2. The standard InChI is InChI=1S/C18H26O4/c1-3-5-6-7-10-14(4-2)13-22-18(21)16-12-9-8-11-15(16)17(19)20/h8-9,11-12,14H,3-7,10,13H2,1-2H3,(H,19,20). The summed E-state index contributed by atoms with van der Waals surface area (Å²) in [6.07, 6.45) is 6.81. The maximum Gasteiger partial charge on any atom is 0.339 e. The molecule has 0 aliphatic heterocycles. The van der Waals surface area contributed by atoms with Crippen LogP contribution in [-0.2, 0) is 4.74 Å². The van der Waals surface area contributed by atoms with Gasteiger partial charge in [0.1, 0.15) is 0 Å². The smallest absolute Gasteiger partial charge is 0.339 e. The lowest BCUT2D eigenvalue weighted by Gasteiger charge is -2.15. The Balaban J connectivity index is 2.52. The molecule has 0 aliphatic rings. The van der Waals surface area contributed by atoms with Crippen molar-refractivity contribution < 1.29 is 19.4 Å². The molecular weight excluding hydrogens is 280 g/mol. The molecule has 0 fully saturated rings. The molecule has 4 nitrogen and oxygen atoms in total. The van der Waals surface area contributed by atoms with Crippen LogP contribution in [-0.4, -0.2) is 23.7 Å². The van der Waals surface area contributed by atoms with Crippen molar-refractivity contribution in [3.05, 3.63) is 35.4 Å². The van der Waals surface area contributed by atoms with E-state index in [-0.39, 0.29) is 11.1 Å². The average molecular weight is 306 g/mol. The third kappa shape index (κ3) is 5.88. The molecule has 0 saturated heterocycles. The quantitative estimate of drug-likeness (QED) is 0.509. The zero-order valence-electron chi connectivity index (χ0n) is 13.5. The van der Waals surface area contributed by atoms with Gasteiger partial charge in [0.15, 0.2) is 0 Å². The van der Waals surface area contributed by atoms with E-state index in [9.17, 15) is 9.59 Å². The summed E-state index contributed by atoms with van der Waals surface area (Å²) in [7, 11) is 0. The molecular formula is C18H26O4. The Labute approximate surface area is 132 Å². The third-order valence-electron chi connectivity index (χ3n) is 3.87. The maximum atomic E-state index is 12.1. The van der Waals surface area contributed by atoms with Crippen LogP contribution in [0.25, 0.3) is 0 Å². The molecule has 0 aliphatic carbocycles. The monoisotopic (exact) mass is 306 g/mol. The number of carboxylic acids is 1. The lowest BCUT2D eigenvalue weighted by Crippen LogP contribution is -2.16. The summed E-state index contributed by atoms with van der Waals surface area (Å²) in [6.45, 7) is 4.62. The number of hydrogen-bond acceptors (Lipinski definition) is 3. The first-order chi connectivity index (χ1) is 10.6. The molecule has 1 N–H and O–H groups in total. The fraction of sp³-hybridized carbons (Fsp3) is 0.556. The molecule has 22 heavy (non-hydrogen) atoms. The van der Waals surface area contributed by atoms with Gasteiger partial charge in [-0.05, 0) is 24.5 Å². The molecule has 0 aromatic heterocycles. The van der Waals surface area contributed by atoms with Crippen LogP contribution in [0.2, 0.25) is 0 Å². The van der Waals surface area contributed by atoms with Gasteiger partial charge in [0, 0.05) is 0 Å². The van der Waals surface area contributed by atoms with Gasteiger partial charge in [-0.15, -0.1) is 0 Å². The number of carbonyl (C=O) groups excluding carboxylic acids is 1. The molecule has 0 spiro atoms. The number of esters is 1. The van der Waals surface area contributed by atoms with E-state index in [4.69, 9.17) is 9.84 Å². The molecule has 0 bridgehead atoms.